The molecule has 176 valence electrons. The second-order valence-corrected chi connectivity index (χ2v) is 10.4. The zero-order valence-corrected chi connectivity index (χ0v) is 19.7. The van der Waals surface area contributed by atoms with Gasteiger partial charge < -0.3 is 16.2 Å². The molecule has 1 saturated heterocycles. The van der Waals surface area contributed by atoms with E-state index >= 15 is 4.39 Å². The number of hydrogen-bond acceptors (Lipinski definition) is 4. The standard InChI is InChI=1S/C25H28Cl2FN3O2/c26-15-9-10-17-19(11-15)30-24(33)25(17)21(16-7-4-8-18(27)22(16)28)23(29)20(13-32)31(25)12-14-5-2-1-3-6-14/h4,7-11,14,20-21,23,32H,1-3,5-6,12-13,29H2,(H,30,33)/t20?,21-,23?,25?/m0/s1. The van der Waals surface area contributed by atoms with Crippen molar-refractivity contribution in [2.75, 3.05) is 18.5 Å². The third-order valence-electron chi connectivity index (χ3n) is 7.80. The van der Waals surface area contributed by atoms with E-state index in [4.69, 9.17) is 28.9 Å². The molecule has 3 aliphatic rings. The first-order valence-corrected chi connectivity index (χ1v) is 12.3. The van der Waals surface area contributed by atoms with Gasteiger partial charge in [0.1, 0.15) is 11.4 Å². The fourth-order valence-electron chi connectivity index (χ4n) is 6.38. The molecule has 0 radical (unpaired) electrons. The Morgan fingerprint density at radius 2 is 1.94 bits per heavy atom. The van der Waals surface area contributed by atoms with Gasteiger partial charge in [0.05, 0.1) is 11.6 Å². The minimum Gasteiger partial charge on any atom is -0.395 e. The predicted octanol–water partition coefficient (Wildman–Crippen LogP) is 4.65. The minimum atomic E-state index is -1.27. The Bertz CT molecular complexity index is 1080. The third kappa shape index (κ3) is 3.50. The molecule has 33 heavy (non-hydrogen) atoms. The van der Waals surface area contributed by atoms with Crippen LogP contribution < -0.4 is 11.1 Å². The van der Waals surface area contributed by atoms with Crippen molar-refractivity contribution < 1.29 is 14.3 Å². The first kappa shape index (κ1) is 23.1. The molecule has 2 aliphatic heterocycles. The highest BCUT2D eigenvalue weighted by atomic mass is 35.5. The van der Waals surface area contributed by atoms with Crippen LogP contribution in [0.2, 0.25) is 10.0 Å². The first-order valence-electron chi connectivity index (χ1n) is 11.6. The van der Waals surface area contributed by atoms with Crippen molar-refractivity contribution in [3.8, 4) is 0 Å². The van der Waals surface area contributed by atoms with E-state index in [-0.39, 0.29) is 23.1 Å². The maximum absolute atomic E-state index is 15.4. The number of rotatable bonds is 4. The number of nitrogens with two attached hydrogens (primary N) is 1. The van der Waals surface area contributed by atoms with Crippen molar-refractivity contribution in [1.82, 2.24) is 4.90 Å². The van der Waals surface area contributed by atoms with Crippen LogP contribution in [-0.4, -0.2) is 41.1 Å². The number of benzene rings is 2. The van der Waals surface area contributed by atoms with Gasteiger partial charge in [-0.15, -0.1) is 0 Å². The van der Waals surface area contributed by atoms with Gasteiger partial charge in [0.25, 0.3) is 0 Å². The Hall–Kier alpha value is -1.70. The molecule has 5 rings (SSSR count). The van der Waals surface area contributed by atoms with Crippen LogP contribution in [0.3, 0.4) is 0 Å². The Balaban J connectivity index is 1.73. The number of carbonyl (C=O) groups excluding carboxylic acids is 1. The van der Waals surface area contributed by atoms with Gasteiger partial charge >= 0.3 is 0 Å². The average Bonchev–Trinajstić information content (AvgIpc) is 3.21. The summed E-state index contributed by atoms with van der Waals surface area (Å²) in [6.45, 7) is 0.373. The number of likely N-dealkylation sites (tertiary alicyclic amines) is 1. The molecule has 2 fully saturated rings. The Kier molecular flexibility index (Phi) is 6.17. The van der Waals surface area contributed by atoms with E-state index in [1.165, 1.54) is 12.5 Å². The number of aliphatic hydroxyl groups excluding tert-OH is 1. The summed E-state index contributed by atoms with van der Waals surface area (Å²) in [6, 6.07) is 8.89. The number of carbonyl (C=O) groups is 1. The molecule has 4 atom stereocenters. The van der Waals surface area contributed by atoms with Gasteiger partial charge in [-0.05, 0) is 42.5 Å². The zero-order chi connectivity index (χ0) is 23.3. The topological polar surface area (TPSA) is 78.6 Å². The maximum Gasteiger partial charge on any atom is 0.250 e. The Morgan fingerprint density at radius 3 is 2.67 bits per heavy atom. The van der Waals surface area contributed by atoms with E-state index in [1.807, 2.05) is 11.0 Å². The van der Waals surface area contributed by atoms with Crippen molar-refractivity contribution in [3.63, 3.8) is 0 Å². The molecule has 2 aromatic rings. The monoisotopic (exact) mass is 491 g/mol. The van der Waals surface area contributed by atoms with Gasteiger partial charge in [0.2, 0.25) is 5.91 Å². The fourth-order valence-corrected chi connectivity index (χ4v) is 6.73. The van der Waals surface area contributed by atoms with Crippen molar-refractivity contribution in [3.05, 3.63) is 63.4 Å². The molecule has 0 bridgehead atoms. The van der Waals surface area contributed by atoms with Crippen LogP contribution >= 0.6 is 23.2 Å². The number of fused-ring (bicyclic) bond motifs is 2. The van der Waals surface area contributed by atoms with E-state index in [9.17, 15) is 9.90 Å². The second-order valence-electron chi connectivity index (χ2n) is 9.51. The number of halogens is 3. The molecular weight excluding hydrogens is 464 g/mol. The van der Waals surface area contributed by atoms with E-state index in [0.717, 1.165) is 25.7 Å². The number of hydrogen-bond donors (Lipinski definition) is 3. The molecule has 1 spiro atoms. The molecule has 8 heteroatoms. The average molecular weight is 492 g/mol. The van der Waals surface area contributed by atoms with Crippen molar-refractivity contribution in [2.45, 2.75) is 55.6 Å². The largest absolute Gasteiger partial charge is 0.395 e. The van der Waals surface area contributed by atoms with Crippen molar-refractivity contribution in [2.24, 2.45) is 11.7 Å². The van der Waals surface area contributed by atoms with Crippen molar-refractivity contribution >= 4 is 34.8 Å². The van der Waals surface area contributed by atoms with Gasteiger partial charge in [-0.3, -0.25) is 9.69 Å². The zero-order valence-electron chi connectivity index (χ0n) is 18.2. The SMILES string of the molecule is NC1C(CO)N(CC2CCCCC2)C2(C(=O)Nc3cc(Cl)ccc32)[C@H]1c1cccc(Cl)c1F. The Labute approximate surface area is 203 Å². The van der Waals surface area contributed by atoms with Crippen LogP contribution in [0.25, 0.3) is 0 Å². The molecule has 1 aliphatic carbocycles. The van der Waals surface area contributed by atoms with Crippen LogP contribution in [-0.2, 0) is 10.3 Å². The molecule has 1 saturated carbocycles. The van der Waals surface area contributed by atoms with E-state index in [0.29, 0.717) is 28.7 Å². The summed E-state index contributed by atoms with van der Waals surface area (Å²) in [5.74, 6) is -1.21. The smallest absolute Gasteiger partial charge is 0.250 e. The van der Waals surface area contributed by atoms with Gasteiger partial charge in [-0.1, -0.05) is 60.7 Å². The maximum atomic E-state index is 15.4. The summed E-state index contributed by atoms with van der Waals surface area (Å²) >= 11 is 12.4. The third-order valence-corrected chi connectivity index (χ3v) is 8.33. The summed E-state index contributed by atoms with van der Waals surface area (Å²) in [5.41, 5.74) is 7.10. The highest BCUT2D eigenvalue weighted by molar-refractivity contribution is 6.31. The molecule has 4 N–H and O–H groups in total. The number of nitrogens with one attached hydrogen (secondary N) is 1. The van der Waals surface area contributed by atoms with Gasteiger partial charge in [0, 0.05) is 40.8 Å². The fraction of sp³-hybridized carbons (Fsp3) is 0.480. The highest BCUT2D eigenvalue weighted by Crippen LogP contribution is 2.57. The summed E-state index contributed by atoms with van der Waals surface area (Å²) in [7, 11) is 0. The highest BCUT2D eigenvalue weighted by Gasteiger charge is 2.66. The van der Waals surface area contributed by atoms with E-state index in [2.05, 4.69) is 5.32 Å². The van der Waals surface area contributed by atoms with E-state index < -0.39 is 29.4 Å². The first-order chi connectivity index (χ1) is 15.9. The number of amides is 1. The lowest BCUT2D eigenvalue weighted by atomic mass is 9.73. The van der Waals surface area contributed by atoms with Crippen molar-refractivity contribution in [1.29, 1.82) is 0 Å². The summed E-state index contributed by atoms with van der Waals surface area (Å²) in [4.78, 5) is 16.0. The summed E-state index contributed by atoms with van der Waals surface area (Å²) < 4.78 is 15.4. The van der Waals surface area contributed by atoms with Gasteiger partial charge in [0.15, 0.2) is 0 Å². The number of nitrogens with zero attached hydrogens (tertiary/aromatic N) is 1. The molecule has 3 unspecified atom stereocenters. The minimum absolute atomic E-state index is 0.0177. The number of aliphatic hydroxyl groups is 1. The molecule has 5 nitrogen and oxygen atoms in total. The summed E-state index contributed by atoms with van der Waals surface area (Å²) in [5, 5.41) is 13.9. The van der Waals surface area contributed by atoms with Crippen LogP contribution in [0.4, 0.5) is 10.1 Å². The lowest BCUT2D eigenvalue weighted by Crippen LogP contribution is -2.54. The number of anilines is 1. The molecule has 2 heterocycles. The van der Waals surface area contributed by atoms with E-state index in [1.54, 1.807) is 24.3 Å². The van der Waals surface area contributed by atoms with Gasteiger partial charge in [-0.2, -0.15) is 0 Å². The molecule has 1 amide bonds. The lowest BCUT2D eigenvalue weighted by Gasteiger charge is -2.41. The normalized spacial score (nSPS) is 30.1. The molecular formula is C25H28Cl2FN3O2. The second kappa shape index (κ2) is 8.82. The lowest BCUT2D eigenvalue weighted by molar-refractivity contribution is -0.128. The van der Waals surface area contributed by atoms with Crippen LogP contribution in [0.15, 0.2) is 36.4 Å². The summed E-state index contributed by atoms with van der Waals surface area (Å²) in [6.07, 6.45) is 5.62. The predicted molar refractivity (Wildman–Crippen MR) is 128 cm³/mol. The van der Waals surface area contributed by atoms with Crippen LogP contribution in [0.1, 0.15) is 49.1 Å². The Morgan fingerprint density at radius 1 is 1.18 bits per heavy atom. The van der Waals surface area contributed by atoms with Gasteiger partial charge in [-0.25, -0.2) is 4.39 Å². The molecule has 0 aromatic heterocycles. The van der Waals surface area contributed by atoms with Crippen LogP contribution in [0, 0.1) is 11.7 Å². The quantitative estimate of drug-likeness (QED) is 0.581. The molecule has 2 aromatic carbocycles. The van der Waals surface area contributed by atoms with Crippen LogP contribution in [0.5, 0.6) is 0 Å².